The molecule has 0 aliphatic heterocycles. The summed E-state index contributed by atoms with van der Waals surface area (Å²) < 4.78 is 1.80. The van der Waals surface area contributed by atoms with Crippen LogP contribution in [0.25, 0.3) is 11.0 Å². The highest BCUT2D eigenvalue weighted by molar-refractivity contribution is 5.94. The second-order valence-electron chi connectivity index (χ2n) is 6.40. The molecule has 5 heteroatoms. The molecule has 0 bridgehead atoms. The van der Waals surface area contributed by atoms with Crippen LogP contribution in [0.3, 0.4) is 0 Å². The number of hydrogen-bond acceptors (Lipinski definition) is 3. The number of hydrogen-bond donors (Lipinski definition) is 1. The van der Waals surface area contributed by atoms with Crippen molar-refractivity contribution in [2.24, 2.45) is 0 Å². The van der Waals surface area contributed by atoms with Crippen LogP contribution in [0.2, 0.25) is 0 Å². The first-order valence-electron chi connectivity index (χ1n) is 9.01. The van der Waals surface area contributed by atoms with Crippen LogP contribution in [0, 0.1) is 0 Å². The van der Waals surface area contributed by atoms with Crippen molar-refractivity contribution >= 4 is 16.9 Å². The first-order valence-corrected chi connectivity index (χ1v) is 9.01. The number of benzene rings is 3. The summed E-state index contributed by atoms with van der Waals surface area (Å²) in [5.74, 6) is -0.117. The summed E-state index contributed by atoms with van der Waals surface area (Å²) in [7, 11) is 0. The zero-order valence-electron chi connectivity index (χ0n) is 14.8. The van der Waals surface area contributed by atoms with Gasteiger partial charge in [0.05, 0.1) is 5.52 Å². The van der Waals surface area contributed by atoms with E-state index in [9.17, 15) is 4.79 Å². The average molecular weight is 356 g/mol. The maximum Gasteiger partial charge on any atom is 0.252 e. The van der Waals surface area contributed by atoms with Crippen molar-refractivity contribution in [2.45, 2.75) is 19.0 Å². The Morgan fingerprint density at radius 3 is 2.33 bits per heavy atom. The van der Waals surface area contributed by atoms with Crippen LogP contribution in [-0.4, -0.2) is 20.9 Å². The Morgan fingerprint density at radius 1 is 0.889 bits per heavy atom. The van der Waals surface area contributed by atoms with Gasteiger partial charge in [-0.3, -0.25) is 4.79 Å². The van der Waals surface area contributed by atoms with Crippen molar-refractivity contribution in [1.82, 2.24) is 20.3 Å². The Bertz CT molecular complexity index is 1030. The van der Waals surface area contributed by atoms with Gasteiger partial charge in [0.15, 0.2) is 0 Å². The molecular weight excluding hydrogens is 336 g/mol. The lowest BCUT2D eigenvalue weighted by Gasteiger charge is -2.20. The molecule has 0 radical (unpaired) electrons. The predicted molar refractivity (Wildman–Crippen MR) is 105 cm³/mol. The molecule has 0 spiro atoms. The molecule has 0 unspecified atom stereocenters. The number of aryl methyl sites for hydroxylation is 1. The molecule has 0 saturated carbocycles. The van der Waals surface area contributed by atoms with E-state index in [1.54, 1.807) is 4.68 Å². The molecular formula is C22H20N4O. The molecule has 0 fully saturated rings. The molecule has 1 heterocycles. The molecule has 1 aromatic heterocycles. The van der Waals surface area contributed by atoms with Crippen molar-refractivity contribution < 1.29 is 4.79 Å². The largest absolute Gasteiger partial charge is 0.330 e. The number of rotatable bonds is 6. The lowest BCUT2D eigenvalue weighted by molar-refractivity contribution is 0.0913. The molecule has 0 saturated heterocycles. The van der Waals surface area contributed by atoms with Gasteiger partial charge >= 0.3 is 0 Å². The van der Waals surface area contributed by atoms with Gasteiger partial charge in [0.1, 0.15) is 11.7 Å². The van der Waals surface area contributed by atoms with E-state index in [0.717, 1.165) is 23.9 Å². The molecule has 5 nitrogen and oxygen atoms in total. The summed E-state index contributed by atoms with van der Waals surface area (Å²) in [5, 5.41) is 11.7. The van der Waals surface area contributed by atoms with Gasteiger partial charge in [-0.25, -0.2) is 4.68 Å². The highest BCUT2D eigenvalue weighted by atomic mass is 16.1. The quantitative estimate of drug-likeness (QED) is 0.568. The second kappa shape index (κ2) is 7.83. The standard InChI is InChI=1S/C22H20N4O/c27-22(18-11-5-2-6-12-18)23-21(16-15-17-9-3-1-4-10-17)26-20-14-8-7-13-19(20)24-25-26/h1-14,21H,15-16H2,(H,23,27)/t21-/m0/s1. The number of aromatic nitrogens is 3. The van der Waals surface area contributed by atoms with Crippen LogP contribution >= 0.6 is 0 Å². The van der Waals surface area contributed by atoms with Gasteiger partial charge in [-0.05, 0) is 42.7 Å². The molecule has 0 aliphatic carbocycles. The molecule has 1 N–H and O–H groups in total. The van der Waals surface area contributed by atoms with E-state index in [1.807, 2.05) is 72.8 Å². The van der Waals surface area contributed by atoms with Crippen LogP contribution in [0.15, 0.2) is 84.9 Å². The summed E-state index contributed by atoms with van der Waals surface area (Å²) in [6, 6.07) is 27.3. The first kappa shape index (κ1) is 17.0. The Labute approximate surface area is 157 Å². The summed E-state index contributed by atoms with van der Waals surface area (Å²) in [6.07, 6.45) is 1.26. The van der Waals surface area contributed by atoms with Gasteiger partial charge in [-0.2, -0.15) is 0 Å². The van der Waals surface area contributed by atoms with E-state index >= 15 is 0 Å². The Morgan fingerprint density at radius 2 is 1.56 bits per heavy atom. The molecule has 3 aromatic carbocycles. The normalized spacial score (nSPS) is 12.0. The zero-order valence-corrected chi connectivity index (χ0v) is 14.8. The van der Waals surface area contributed by atoms with Crippen molar-refractivity contribution in [3.05, 3.63) is 96.1 Å². The van der Waals surface area contributed by atoms with Crippen LogP contribution < -0.4 is 5.32 Å². The van der Waals surface area contributed by atoms with Gasteiger partial charge in [-0.15, -0.1) is 5.10 Å². The fourth-order valence-corrected chi connectivity index (χ4v) is 3.15. The van der Waals surface area contributed by atoms with Crippen molar-refractivity contribution in [2.75, 3.05) is 0 Å². The van der Waals surface area contributed by atoms with Gasteiger partial charge in [0, 0.05) is 5.56 Å². The smallest absolute Gasteiger partial charge is 0.252 e. The lowest BCUT2D eigenvalue weighted by atomic mass is 10.1. The van der Waals surface area contributed by atoms with Crippen LogP contribution in [0.4, 0.5) is 0 Å². The average Bonchev–Trinajstić information content (AvgIpc) is 3.16. The number of nitrogens with one attached hydrogen (secondary N) is 1. The highest BCUT2D eigenvalue weighted by Crippen LogP contribution is 2.19. The Kier molecular flexibility index (Phi) is 4.92. The number of amides is 1. The molecule has 1 amide bonds. The minimum atomic E-state index is -0.287. The number of fused-ring (bicyclic) bond motifs is 1. The molecule has 0 aliphatic rings. The highest BCUT2D eigenvalue weighted by Gasteiger charge is 2.19. The number of nitrogens with zero attached hydrogens (tertiary/aromatic N) is 3. The summed E-state index contributed by atoms with van der Waals surface area (Å²) >= 11 is 0. The van der Waals surface area contributed by atoms with Crippen molar-refractivity contribution in [3.8, 4) is 0 Å². The summed E-state index contributed by atoms with van der Waals surface area (Å²) in [5.41, 5.74) is 3.58. The molecule has 27 heavy (non-hydrogen) atoms. The van der Waals surface area contributed by atoms with Crippen LogP contribution in [0.5, 0.6) is 0 Å². The van der Waals surface area contributed by atoms with Crippen molar-refractivity contribution in [3.63, 3.8) is 0 Å². The van der Waals surface area contributed by atoms with Crippen molar-refractivity contribution in [1.29, 1.82) is 0 Å². The van der Waals surface area contributed by atoms with Gasteiger partial charge in [0.25, 0.3) is 5.91 Å². The van der Waals surface area contributed by atoms with Gasteiger partial charge in [0.2, 0.25) is 0 Å². The van der Waals surface area contributed by atoms with Crippen LogP contribution in [-0.2, 0) is 6.42 Å². The van der Waals surface area contributed by atoms with E-state index in [1.165, 1.54) is 5.56 Å². The zero-order chi connectivity index (χ0) is 18.5. The number of para-hydroxylation sites is 1. The monoisotopic (exact) mass is 356 g/mol. The van der Waals surface area contributed by atoms with E-state index in [0.29, 0.717) is 5.56 Å². The number of carbonyl (C=O) groups excluding carboxylic acids is 1. The van der Waals surface area contributed by atoms with Gasteiger partial charge < -0.3 is 5.32 Å². The van der Waals surface area contributed by atoms with Gasteiger partial charge in [-0.1, -0.05) is 65.9 Å². The minimum absolute atomic E-state index is 0.117. The maximum atomic E-state index is 12.7. The maximum absolute atomic E-state index is 12.7. The number of carbonyl (C=O) groups is 1. The SMILES string of the molecule is O=C(N[C@H](CCc1ccccc1)n1nnc2ccccc21)c1ccccc1. The molecule has 1 atom stereocenters. The third kappa shape index (κ3) is 3.87. The Balaban J connectivity index is 1.61. The predicted octanol–water partition coefficient (Wildman–Crippen LogP) is 3.99. The fourth-order valence-electron chi connectivity index (χ4n) is 3.15. The molecule has 4 rings (SSSR count). The van der Waals surface area contributed by atoms with E-state index in [2.05, 4.69) is 27.8 Å². The third-order valence-electron chi connectivity index (χ3n) is 4.56. The third-order valence-corrected chi connectivity index (χ3v) is 4.56. The fraction of sp³-hybridized carbons (Fsp3) is 0.136. The summed E-state index contributed by atoms with van der Waals surface area (Å²) in [4.78, 5) is 12.7. The van der Waals surface area contributed by atoms with E-state index in [4.69, 9.17) is 0 Å². The minimum Gasteiger partial charge on any atom is -0.330 e. The summed E-state index contributed by atoms with van der Waals surface area (Å²) in [6.45, 7) is 0. The van der Waals surface area contributed by atoms with E-state index in [-0.39, 0.29) is 12.1 Å². The lowest BCUT2D eigenvalue weighted by Crippen LogP contribution is -2.33. The molecule has 134 valence electrons. The first-order chi connectivity index (χ1) is 13.3. The molecule has 4 aromatic rings. The Hall–Kier alpha value is -3.47. The van der Waals surface area contributed by atoms with E-state index < -0.39 is 0 Å². The van der Waals surface area contributed by atoms with Crippen LogP contribution in [0.1, 0.15) is 28.5 Å². The topological polar surface area (TPSA) is 59.8 Å². The second-order valence-corrected chi connectivity index (χ2v) is 6.40.